The Morgan fingerprint density at radius 2 is 2.00 bits per heavy atom. The van der Waals surface area contributed by atoms with Crippen LogP contribution < -0.4 is 10.1 Å². The van der Waals surface area contributed by atoms with Crippen LogP contribution >= 0.6 is 0 Å². The van der Waals surface area contributed by atoms with E-state index in [4.69, 9.17) is 4.74 Å². The molecule has 1 aromatic carbocycles. The molecule has 2 aromatic rings. The lowest BCUT2D eigenvalue weighted by Crippen LogP contribution is -2.25. The van der Waals surface area contributed by atoms with Crippen LogP contribution in [0.5, 0.6) is 5.75 Å². The number of nitrogens with one attached hydrogen (secondary N) is 1. The molecule has 0 spiro atoms. The molecule has 0 amide bonds. The number of ether oxygens (including phenoxy) is 1. The Kier molecular flexibility index (Phi) is 4.60. The van der Waals surface area contributed by atoms with Crippen LogP contribution in [0.3, 0.4) is 0 Å². The fourth-order valence-electron chi connectivity index (χ4n) is 1.51. The van der Waals surface area contributed by atoms with Gasteiger partial charge >= 0.3 is 0 Å². The minimum atomic E-state index is 0.684. The van der Waals surface area contributed by atoms with Crippen molar-refractivity contribution in [3.63, 3.8) is 0 Å². The number of aromatic nitrogens is 2. The summed E-state index contributed by atoms with van der Waals surface area (Å²) in [6, 6.07) is 11.8. The van der Waals surface area contributed by atoms with Crippen molar-refractivity contribution in [2.75, 3.05) is 19.7 Å². The van der Waals surface area contributed by atoms with E-state index in [1.807, 2.05) is 47.3 Å². The standard InChI is InChI=1S/C13H17N3O/c1-2-5-13(6-3-1)17-12-9-14-8-11-16-10-4-7-15-16/h1-7,10,14H,8-9,11-12H2. The zero-order valence-corrected chi connectivity index (χ0v) is 9.75. The monoisotopic (exact) mass is 231 g/mol. The average Bonchev–Trinajstić information content (AvgIpc) is 2.88. The molecule has 0 saturated carbocycles. The van der Waals surface area contributed by atoms with E-state index in [0.29, 0.717) is 6.61 Å². The highest BCUT2D eigenvalue weighted by Crippen LogP contribution is 2.07. The van der Waals surface area contributed by atoms with Gasteiger partial charge in [0.25, 0.3) is 0 Å². The van der Waals surface area contributed by atoms with E-state index in [0.717, 1.165) is 25.4 Å². The lowest BCUT2D eigenvalue weighted by Gasteiger charge is -2.07. The molecular formula is C13H17N3O. The fourth-order valence-corrected chi connectivity index (χ4v) is 1.51. The Morgan fingerprint density at radius 1 is 1.12 bits per heavy atom. The quantitative estimate of drug-likeness (QED) is 0.735. The van der Waals surface area contributed by atoms with Gasteiger partial charge < -0.3 is 10.1 Å². The van der Waals surface area contributed by atoms with Crippen LogP contribution in [-0.2, 0) is 6.54 Å². The molecule has 0 aliphatic heterocycles. The van der Waals surface area contributed by atoms with Crippen molar-refractivity contribution >= 4 is 0 Å². The molecule has 0 aliphatic carbocycles. The molecule has 1 N–H and O–H groups in total. The van der Waals surface area contributed by atoms with Gasteiger partial charge in [-0.05, 0) is 18.2 Å². The number of nitrogens with zero attached hydrogens (tertiary/aromatic N) is 2. The van der Waals surface area contributed by atoms with Gasteiger partial charge in [-0.1, -0.05) is 18.2 Å². The smallest absolute Gasteiger partial charge is 0.119 e. The first-order valence-electron chi connectivity index (χ1n) is 5.81. The van der Waals surface area contributed by atoms with E-state index in [2.05, 4.69) is 10.4 Å². The molecule has 0 atom stereocenters. The summed E-state index contributed by atoms with van der Waals surface area (Å²) in [5.41, 5.74) is 0. The predicted octanol–water partition coefficient (Wildman–Crippen LogP) is 1.55. The number of benzene rings is 1. The van der Waals surface area contributed by atoms with Crippen LogP contribution in [-0.4, -0.2) is 29.5 Å². The predicted molar refractivity (Wildman–Crippen MR) is 67.0 cm³/mol. The molecule has 0 aliphatic rings. The van der Waals surface area contributed by atoms with Gasteiger partial charge in [-0.2, -0.15) is 5.10 Å². The fraction of sp³-hybridized carbons (Fsp3) is 0.308. The Labute approximate surface area is 101 Å². The minimum Gasteiger partial charge on any atom is -0.492 e. The highest BCUT2D eigenvalue weighted by atomic mass is 16.5. The molecule has 0 saturated heterocycles. The second kappa shape index (κ2) is 6.70. The lowest BCUT2D eigenvalue weighted by atomic mass is 10.3. The number of hydrogen-bond acceptors (Lipinski definition) is 3. The molecule has 90 valence electrons. The first kappa shape index (κ1) is 11.7. The summed E-state index contributed by atoms with van der Waals surface area (Å²) < 4.78 is 7.47. The van der Waals surface area contributed by atoms with Gasteiger partial charge in [0.15, 0.2) is 0 Å². The summed E-state index contributed by atoms with van der Waals surface area (Å²) in [4.78, 5) is 0. The number of rotatable bonds is 7. The summed E-state index contributed by atoms with van der Waals surface area (Å²) in [5, 5.41) is 7.44. The second-order valence-electron chi connectivity index (χ2n) is 3.68. The molecule has 2 rings (SSSR count). The molecule has 1 aromatic heterocycles. The summed E-state index contributed by atoms with van der Waals surface area (Å²) in [5.74, 6) is 0.918. The number of para-hydroxylation sites is 1. The largest absolute Gasteiger partial charge is 0.492 e. The average molecular weight is 231 g/mol. The van der Waals surface area contributed by atoms with Gasteiger partial charge in [0.2, 0.25) is 0 Å². The maximum atomic E-state index is 5.56. The topological polar surface area (TPSA) is 39.1 Å². The lowest BCUT2D eigenvalue weighted by molar-refractivity contribution is 0.312. The molecule has 4 nitrogen and oxygen atoms in total. The molecule has 0 fully saturated rings. The Morgan fingerprint density at radius 3 is 2.76 bits per heavy atom. The van der Waals surface area contributed by atoms with Gasteiger partial charge in [0.1, 0.15) is 12.4 Å². The van der Waals surface area contributed by atoms with Crippen molar-refractivity contribution in [1.82, 2.24) is 15.1 Å². The van der Waals surface area contributed by atoms with Gasteiger partial charge in [-0.15, -0.1) is 0 Å². The maximum absolute atomic E-state index is 5.56. The maximum Gasteiger partial charge on any atom is 0.119 e. The van der Waals surface area contributed by atoms with Gasteiger partial charge in [0, 0.05) is 25.5 Å². The van der Waals surface area contributed by atoms with E-state index in [9.17, 15) is 0 Å². The molecule has 4 heteroatoms. The molecule has 0 bridgehead atoms. The molecule has 17 heavy (non-hydrogen) atoms. The zero-order chi connectivity index (χ0) is 11.8. The third-order valence-corrected chi connectivity index (χ3v) is 2.37. The minimum absolute atomic E-state index is 0.684. The van der Waals surface area contributed by atoms with Crippen molar-refractivity contribution < 1.29 is 4.74 Å². The first-order chi connectivity index (χ1) is 8.45. The van der Waals surface area contributed by atoms with E-state index in [1.54, 1.807) is 6.20 Å². The van der Waals surface area contributed by atoms with Crippen LogP contribution in [0.1, 0.15) is 0 Å². The van der Waals surface area contributed by atoms with E-state index in [1.165, 1.54) is 0 Å². The second-order valence-corrected chi connectivity index (χ2v) is 3.68. The van der Waals surface area contributed by atoms with Crippen LogP contribution in [0.2, 0.25) is 0 Å². The number of hydrogen-bond donors (Lipinski definition) is 1. The van der Waals surface area contributed by atoms with E-state index in [-0.39, 0.29) is 0 Å². The third-order valence-electron chi connectivity index (χ3n) is 2.37. The molecule has 1 heterocycles. The van der Waals surface area contributed by atoms with Gasteiger partial charge in [-0.25, -0.2) is 0 Å². The SMILES string of the molecule is c1ccc(OCCNCCn2cccn2)cc1. The Balaban J connectivity index is 1.52. The summed E-state index contributed by atoms with van der Waals surface area (Å²) >= 11 is 0. The van der Waals surface area contributed by atoms with Crippen molar-refractivity contribution in [3.8, 4) is 5.75 Å². The third kappa shape index (κ3) is 4.28. The summed E-state index contributed by atoms with van der Waals surface area (Å²) in [6.07, 6.45) is 3.75. The Hall–Kier alpha value is -1.81. The van der Waals surface area contributed by atoms with Gasteiger partial charge in [0.05, 0.1) is 6.54 Å². The van der Waals surface area contributed by atoms with Crippen molar-refractivity contribution in [3.05, 3.63) is 48.8 Å². The van der Waals surface area contributed by atoms with Crippen molar-refractivity contribution in [2.45, 2.75) is 6.54 Å². The van der Waals surface area contributed by atoms with Crippen LogP contribution in [0.25, 0.3) is 0 Å². The zero-order valence-electron chi connectivity index (χ0n) is 9.75. The van der Waals surface area contributed by atoms with Gasteiger partial charge in [-0.3, -0.25) is 4.68 Å². The van der Waals surface area contributed by atoms with Crippen LogP contribution in [0.4, 0.5) is 0 Å². The highest BCUT2D eigenvalue weighted by Gasteiger charge is 1.92. The van der Waals surface area contributed by atoms with E-state index >= 15 is 0 Å². The summed E-state index contributed by atoms with van der Waals surface area (Å²) in [6.45, 7) is 3.32. The van der Waals surface area contributed by atoms with Crippen LogP contribution in [0.15, 0.2) is 48.8 Å². The highest BCUT2D eigenvalue weighted by molar-refractivity contribution is 5.20. The van der Waals surface area contributed by atoms with E-state index < -0.39 is 0 Å². The Bertz CT molecular complexity index is 400. The van der Waals surface area contributed by atoms with Crippen molar-refractivity contribution in [1.29, 1.82) is 0 Å². The van der Waals surface area contributed by atoms with Crippen LogP contribution in [0, 0.1) is 0 Å². The molecule has 0 radical (unpaired) electrons. The normalized spacial score (nSPS) is 10.4. The molecule has 0 unspecified atom stereocenters. The summed E-state index contributed by atoms with van der Waals surface area (Å²) in [7, 11) is 0. The van der Waals surface area contributed by atoms with Crippen molar-refractivity contribution in [2.24, 2.45) is 0 Å². The molecular weight excluding hydrogens is 214 g/mol. The first-order valence-corrected chi connectivity index (χ1v) is 5.81.